The molecule has 0 unspecified atom stereocenters. The highest BCUT2D eigenvalue weighted by Crippen LogP contribution is 2.29. The first-order chi connectivity index (χ1) is 6.20. The first-order valence-electron chi connectivity index (χ1n) is 3.48. The maximum absolute atomic E-state index is 11.2. The summed E-state index contributed by atoms with van der Waals surface area (Å²) in [4.78, 5) is 11.2. The van der Waals surface area contributed by atoms with Crippen LogP contribution in [0.4, 0.5) is 0 Å². The highest BCUT2D eigenvalue weighted by Gasteiger charge is 2.26. The molecular weight excluding hydrogens is 208 g/mol. The summed E-state index contributed by atoms with van der Waals surface area (Å²) >= 11 is 0.768. The van der Waals surface area contributed by atoms with Crippen LogP contribution in [0.2, 0.25) is 0 Å². The third kappa shape index (κ3) is 1.30. The van der Waals surface area contributed by atoms with Crippen LogP contribution in [-0.2, 0) is 10.3 Å². The van der Waals surface area contributed by atoms with Gasteiger partial charge in [-0.05, 0) is 17.8 Å². The van der Waals surface area contributed by atoms with Crippen molar-refractivity contribution in [3.8, 4) is 0 Å². The van der Waals surface area contributed by atoms with Gasteiger partial charge in [-0.1, -0.05) is 18.2 Å². The summed E-state index contributed by atoms with van der Waals surface area (Å²) in [6.07, 6.45) is 0. The minimum atomic E-state index is -2.31. The molecule has 13 heavy (non-hydrogen) atoms. The summed E-state index contributed by atoms with van der Waals surface area (Å²) in [6.45, 7) is 0. The van der Waals surface area contributed by atoms with Crippen LogP contribution in [0.1, 0.15) is 15.9 Å². The summed E-state index contributed by atoms with van der Waals surface area (Å²) in [5.41, 5.74) is 0.998. The van der Waals surface area contributed by atoms with Crippen LogP contribution in [0.3, 0.4) is 0 Å². The third-order valence-corrected chi connectivity index (χ3v) is 3.70. The lowest BCUT2D eigenvalue weighted by Crippen LogP contribution is -1.91. The van der Waals surface area contributed by atoms with E-state index in [2.05, 4.69) is 0 Å². The van der Waals surface area contributed by atoms with Crippen molar-refractivity contribution < 1.29 is 13.2 Å². The molecule has 0 saturated carbocycles. The Hall–Kier alpha value is -1.07. The zero-order valence-corrected chi connectivity index (χ0v) is 7.98. The quantitative estimate of drug-likeness (QED) is 0.600. The normalized spacial score (nSPS) is 14.5. The van der Waals surface area contributed by atoms with Crippen molar-refractivity contribution in [1.82, 2.24) is 0 Å². The van der Waals surface area contributed by atoms with E-state index in [-0.39, 0.29) is 9.31 Å². The van der Waals surface area contributed by atoms with Gasteiger partial charge >= 0.3 is 0 Å². The highest BCUT2D eigenvalue weighted by molar-refractivity contribution is 8.33. The number of hydrogen-bond donors (Lipinski definition) is 0. The molecule has 0 spiro atoms. The molecule has 1 aromatic rings. The minimum absolute atomic E-state index is 0.126. The smallest absolute Gasteiger partial charge is 0.229 e. The fourth-order valence-electron chi connectivity index (χ4n) is 1.16. The summed E-state index contributed by atoms with van der Waals surface area (Å²) in [6, 6.07) is 6.70. The van der Waals surface area contributed by atoms with Gasteiger partial charge in [0, 0.05) is 11.1 Å². The van der Waals surface area contributed by atoms with Gasteiger partial charge in [-0.2, -0.15) is 8.42 Å². The lowest BCUT2D eigenvalue weighted by molar-refractivity contribution is 0.109. The molecule has 2 rings (SSSR count). The Balaban J connectivity index is 2.82. The average Bonchev–Trinajstić information content (AvgIpc) is 2.45. The van der Waals surface area contributed by atoms with E-state index in [9.17, 15) is 13.2 Å². The fraction of sp³-hybridized carbons (Fsp3) is 0. The van der Waals surface area contributed by atoms with Crippen molar-refractivity contribution in [2.45, 2.75) is 0 Å². The predicted molar refractivity (Wildman–Crippen MR) is 51.4 cm³/mol. The molecule has 0 N–H and O–H groups in total. The van der Waals surface area contributed by atoms with E-state index >= 15 is 0 Å². The van der Waals surface area contributed by atoms with Crippen molar-refractivity contribution in [2.75, 3.05) is 0 Å². The lowest BCUT2D eigenvalue weighted by atomic mass is 10.1. The second-order valence-corrected chi connectivity index (χ2v) is 4.58. The SMILES string of the molecule is O=C1SC(=S(=O)=O)c2ccccc21. The number of hydrogen-bond acceptors (Lipinski definition) is 4. The van der Waals surface area contributed by atoms with Crippen molar-refractivity contribution in [3.05, 3.63) is 35.4 Å². The van der Waals surface area contributed by atoms with Gasteiger partial charge in [-0.15, -0.1) is 0 Å². The van der Waals surface area contributed by atoms with E-state index in [1.54, 1.807) is 24.3 Å². The van der Waals surface area contributed by atoms with Crippen molar-refractivity contribution in [1.29, 1.82) is 0 Å². The third-order valence-electron chi connectivity index (χ3n) is 1.70. The summed E-state index contributed by atoms with van der Waals surface area (Å²) < 4.78 is 21.5. The van der Waals surface area contributed by atoms with Crippen LogP contribution in [0, 0.1) is 0 Å². The number of carbonyl (C=O) groups excluding carboxylic acids is 1. The molecule has 0 aliphatic carbocycles. The van der Waals surface area contributed by atoms with E-state index in [0.717, 1.165) is 11.8 Å². The first-order valence-corrected chi connectivity index (χ1v) is 5.37. The van der Waals surface area contributed by atoms with Gasteiger partial charge in [-0.3, -0.25) is 4.79 Å². The number of carbonyl (C=O) groups is 1. The Labute approximate surface area is 80.3 Å². The molecule has 66 valence electrons. The standard InChI is InChI=1S/C8H4O3S2/c9-7-5-3-1-2-4-6(5)8(12-7)13(10)11/h1-4H. The number of benzene rings is 1. The molecule has 0 amide bonds. The maximum atomic E-state index is 11.2. The molecule has 1 aliphatic heterocycles. The van der Waals surface area contributed by atoms with Gasteiger partial charge in [0.1, 0.15) is 4.20 Å². The highest BCUT2D eigenvalue weighted by atomic mass is 32.2. The van der Waals surface area contributed by atoms with Crippen molar-refractivity contribution in [2.24, 2.45) is 0 Å². The largest absolute Gasteiger partial charge is 0.281 e. The molecule has 0 saturated heterocycles. The topological polar surface area (TPSA) is 51.2 Å². The second-order valence-electron chi connectivity index (χ2n) is 2.46. The molecule has 0 fully saturated rings. The Kier molecular flexibility index (Phi) is 1.97. The Morgan fingerprint density at radius 3 is 2.31 bits per heavy atom. The molecule has 0 aromatic heterocycles. The summed E-state index contributed by atoms with van der Waals surface area (Å²) in [5.74, 6) is 0. The zero-order valence-electron chi connectivity index (χ0n) is 6.35. The number of fused-ring (bicyclic) bond motifs is 1. The monoisotopic (exact) mass is 212 g/mol. The molecule has 0 radical (unpaired) electrons. The van der Waals surface area contributed by atoms with E-state index in [4.69, 9.17) is 0 Å². The van der Waals surface area contributed by atoms with Gasteiger partial charge in [0.15, 0.2) is 0 Å². The predicted octanol–water partition coefficient (Wildman–Crippen LogP) is 0.931. The maximum Gasteiger partial charge on any atom is 0.229 e. The van der Waals surface area contributed by atoms with E-state index < -0.39 is 10.3 Å². The summed E-state index contributed by atoms with van der Waals surface area (Å²) in [5, 5.41) is -0.199. The molecule has 5 heteroatoms. The molecular formula is C8H4O3S2. The van der Waals surface area contributed by atoms with Crippen LogP contribution in [0.25, 0.3) is 0 Å². The van der Waals surface area contributed by atoms with Crippen LogP contribution in [0.5, 0.6) is 0 Å². The Morgan fingerprint density at radius 2 is 1.69 bits per heavy atom. The van der Waals surface area contributed by atoms with Crippen LogP contribution in [-0.4, -0.2) is 17.7 Å². The lowest BCUT2D eigenvalue weighted by Gasteiger charge is -1.91. The molecule has 1 aliphatic rings. The Morgan fingerprint density at radius 1 is 1.08 bits per heavy atom. The number of thioether (sulfide) groups is 1. The van der Waals surface area contributed by atoms with Crippen LogP contribution >= 0.6 is 11.8 Å². The number of rotatable bonds is 0. The minimum Gasteiger partial charge on any atom is -0.281 e. The molecule has 0 bridgehead atoms. The summed E-state index contributed by atoms with van der Waals surface area (Å²) in [7, 11) is -2.31. The van der Waals surface area contributed by atoms with E-state index in [1.165, 1.54) is 0 Å². The molecule has 1 heterocycles. The van der Waals surface area contributed by atoms with Gasteiger partial charge in [-0.25, -0.2) is 0 Å². The van der Waals surface area contributed by atoms with Gasteiger partial charge in [0.25, 0.3) is 0 Å². The van der Waals surface area contributed by atoms with Crippen molar-refractivity contribution >= 4 is 31.4 Å². The fourth-order valence-corrected chi connectivity index (χ4v) is 2.76. The second kappa shape index (κ2) is 3.01. The van der Waals surface area contributed by atoms with Gasteiger partial charge < -0.3 is 0 Å². The molecule has 3 nitrogen and oxygen atoms in total. The molecule has 1 aromatic carbocycles. The molecule has 0 atom stereocenters. The first kappa shape index (κ1) is 8.52. The van der Waals surface area contributed by atoms with E-state index in [1.807, 2.05) is 0 Å². The average molecular weight is 212 g/mol. The van der Waals surface area contributed by atoms with Crippen LogP contribution < -0.4 is 0 Å². The van der Waals surface area contributed by atoms with Crippen molar-refractivity contribution in [3.63, 3.8) is 0 Å². The van der Waals surface area contributed by atoms with Gasteiger partial charge in [0.2, 0.25) is 15.4 Å². The zero-order chi connectivity index (χ0) is 9.42. The van der Waals surface area contributed by atoms with Gasteiger partial charge in [0.05, 0.1) is 0 Å². The van der Waals surface area contributed by atoms with Crippen LogP contribution in [0.15, 0.2) is 24.3 Å². The van der Waals surface area contributed by atoms with E-state index in [0.29, 0.717) is 11.1 Å². The Bertz CT molecular complexity index is 506.